The molecule has 3 aromatic rings. The van der Waals surface area contributed by atoms with Gasteiger partial charge in [0.25, 0.3) is 5.91 Å². The van der Waals surface area contributed by atoms with Gasteiger partial charge in [0.05, 0.1) is 10.5 Å². The number of benzene rings is 2. The summed E-state index contributed by atoms with van der Waals surface area (Å²) in [4.78, 5) is 24.1. The summed E-state index contributed by atoms with van der Waals surface area (Å²) in [6.45, 7) is 0. The topological polar surface area (TPSA) is 101 Å². The van der Waals surface area contributed by atoms with E-state index < -0.39 is 33.1 Å². The van der Waals surface area contributed by atoms with Gasteiger partial charge in [-0.25, -0.2) is 17.6 Å². The number of anilines is 1. The molecule has 1 aromatic heterocycles. The summed E-state index contributed by atoms with van der Waals surface area (Å²) in [6.07, 6.45) is 0.892. The van der Waals surface area contributed by atoms with Crippen LogP contribution in [0.25, 0.3) is 11.1 Å². The third-order valence-electron chi connectivity index (χ3n) is 3.97. The lowest BCUT2D eigenvalue weighted by Crippen LogP contribution is -2.17. The van der Waals surface area contributed by atoms with Crippen LogP contribution in [0.3, 0.4) is 0 Å². The number of carbonyl (C=O) groups excluding carboxylic acids is 1. The molecular weight excluding hydrogens is 441 g/mol. The van der Waals surface area contributed by atoms with Crippen LogP contribution in [0.15, 0.2) is 52.7 Å². The summed E-state index contributed by atoms with van der Waals surface area (Å²) in [5, 5.41) is 14.1. The number of halogens is 2. The molecule has 2 aromatic carbocycles. The van der Waals surface area contributed by atoms with Gasteiger partial charge in [-0.2, -0.15) is 0 Å². The monoisotopic (exact) mass is 453 g/mol. The number of carboxylic acid groups (broad SMARTS) is 1. The maximum Gasteiger partial charge on any atom is 0.339 e. The summed E-state index contributed by atoms with van der Waals surface area (Å²) in [5.41, 5.74) is 0.358. The van der Waals surface area contributed by atoms with E-state index in [1.807, 2.05) is 0 Å². The molecule has 0 aliphatic carbocycles. The quantitative estimate of drug-likeness (QED) is 0.551. The van der Waals surface area contributed by atoms with Gasteiger partial charge in [-0.1, -0.05) is 23.7 Å². The maximum absolute atomic E-state index is 13.6. The number of thiophene rings is 1. The number of nitrogens with one attached hydrogen (secondary N) is 1. The Hall–Kier alpha value is -2.75. The highest BCUT2D eigenvalue weighted by Crippen LogP contribution is 2.36. The summed E-state index contributed by atoms with van der Waals surface area (Å²) in [5.74, 6) is -3.01. The van der Waals surface area contributed by atoms with Crippen molar-refractivity contribution in [3.8, 4) is 11.1 Å². The second-order valence-corrected chi connectivity index (χ2v) is 9.33. The Labute approximate surface area is 174 Å². The molecule has 1 heterocycles. The Morgan fingerprint density at radius 3 is 2.38 bits per heavy atom. The van der Waals surface area contributed by atoms with E-state index in [0.717, 1.165) is 35.8 Å². The minimum atomic E-state index is -3.81. The van der Waals surface area contributed by atoms with Crippen LogP contribution in [0, 0.1) is 5.82 Å². The fourth-order valence-electron chi connectivity index (χ4n) is 2.68. The van der Waals surface area contributed by atoms with Crippen molar-refractivity contribution in [2.75, 3.05) is 11.6 Å². The van der Waals surface area contributed by atoms with Gasteiger partial charge < -0.3 is 10.4 Å². The fraction of sp³-hybridized carbons (Fsp3) is 0.0526. The highest BCUT2D eigenvalue weighted by atomic mass is 35.5. The highest BCUT2D eigenvalue weighted by Gasteiger charge is 2.24. The standard InChI is InChI=1S/C19H13ClFNO5S2/c1-29(26,27)15-7-6-12(21)8-13(15)17(23)22-18-16(19(24)25)14(9-28-18)10-2-4-11(20)5-3-10/h2-9H,1H3,(H,22,23)(H,24,25). The number of carbonyl (C=O) groups is 2. The van der Waals surface area contributed by atoms with Crippen LogP contribution >= 0.6 is 22.9 Å². The van der Waals surface area contributed by atoms with E-state index >= 15 is 0 Å². The van der Waals surface area contributed by atoms with Crippen molar-refractivity contribution in [1.29, 1.82) is 0 Å². The zero-order valence-electron chi connectivity index (χ0n) is 14.8. The molecule has 0 radical (unpaired) electrons. The smallest absolute Gasteiger partial charge is 0.339 e. The first-order chi connectivity index (χ1) is 13.6. The number of carboxylic acids is 1. The van der Waals surface area contributed by atoms with Gasteiger partial charge in [0.1, 0.15) is 16.4 Å². The van der Waals surface area contributed by atoms with Crippen LogP contribution in [0.4, 0.5) is 9.39 Å². The summed E-state index contributed by atoms with van der Waals surface area (Å²) in [6, 6.07) is 9.19. The van der Waals surface area contributed by atoms with Gasteiger partial charge in [0.15, 0.2) is 9.84 Å². The fourth-order valence-corrected chi connectivity index (χ4v) is 4.63. The van der Waals surface area contributed by atoms with Gasteiger partial charge in [0, 0.05) is 22.2 Å². The molecule has 29 heavy (non-hydrogen) atoms. The normalized spacial score (nSPS) is 11.3. The van der Waals surface area contributed by atoms with Gasteiger partial charge >= 0.3 is 5.97 Å². The Bertz CT molecular complexity index is 1220. The molecule has 0 saturated heterocycles. The van der Waals surface area contributed by atoms with Crippen molar-refractivity contribution in [3.05, 3.63) is 69.8 Å². The van der Waals surface area contributed by atoms with Gasteiger partial charge in [-0.15, -0.1) is 11.3 Å². The summed E-state index contributed by atoms with van der Waals surface area (Å²) >= 11 is 6.81. The molecule has 0 unspecified atom stereocenters. The third kappa shape index (κ3) is 4.47. The zero-order chi connectivity index (χ0) is 21.3. The van der Waals surface area contributed by atoms with E-state index in [-0.39, 0.29) is 15.5 Å². The first-order valence-corrected chi connectivity index (χ1v) is 11.1. The lowest BCUT2D eigenvalue weighted by molar-refractivity contribution is 0.0699. The van der Waals surface area contributed by atoms with E-state index in [4.69, 9.17) is 11.6 Å². The van der Waals surface area contributed by atoms with Crippen LogP contribution in [-0.2, 0) is 9.84 Å². The summed E-state index contributed by atoms with van der Waals surface area (Å²) < 4.78 is 37.4. The maximum atomic E-state index is 13.6. The molecule has 150 valence electrons. The van der Waals surface area contributed by atoms with E-state index in [9.17, 15) is 27.5 Å². The molecule has 3 rings (SSSR count). The van der Waals surface area contributed by atoms with Crippen molar-refractivity contribution in [3.63, 3.8) is 0 Å². The van der Waals surface area contributed by atoms with Gasteiger partial charge in [-0.3, -0.25) is 4.79 Å². The molecule has 6 nitrogen and oxygen atoms in total. The average molecular weight is 454 g/mol. The van der Waals surface area contributed by atoms with E-state index in [2.05, 4.69) is 5.32 Å². The van der Waals surface area contributed by atoms with Crippen molar-refractivity contribution < 1.29 is 27.5 Å². The van der Waals surface area contributed by atoms with Crippen LogP contribution in [0.5, 0.6) is 0 Å². The molecule has 0 atom stereocenters. The lowest BCUT2D eigenvalue weighted by Gasteiger charge is -2.09. The lowest BCUT2D eigenvalue weighted by atomic mass is 10.0. The molecule has 0 saturated carbocycles. The van der Waals surface area contributed by atoms with Crippen molar-refractivity contribution >= 4 is 49.7 Å². The number of hydrogen-bond donors (Lipinski definition) is 2. The van der Waals surface area contributed by atoms with Crippen molar-refractivity contribution in [1.82, 2.24) is 0 Å². The molecule has 1 amide bonds. The second kappa shape index (κ2) is 7.94. The van der Waals surface area contributed by atoms with Crippen LogP contribution in [0.1, 0.15) is 20.7 Å². The molecular formula is C19H13ClFNO5S2. The molecule has 0 fully saturated rings. The molecule has 10 heteroatoms. The molecule has 0 aliphatic heterocycles. The average Bonchev–Trinajstić information content (AvgIpc) is 3.05. The van der Waals surface area contributed by atoms with Crippen LogP contribution in [-0.4, -0.2) is 31.7 Å². The van der Waals surface area contributed by atoms with Crippen LogP contribution in [0.2, 0.25) is 5.02 Å². The number of sulfone groups is 1. The van der Waals surface area contributed by atoms with Crippen LogP contribution < -0.4 is 5.32 Å². The minimum Gasteiger partial charge on any atom is -0.478 e. The van der Waals surface area contributed by atoms with Crippen molar-refractivity contribution in [2.45, 2.75) is 4.90 Å². The second-order valence-electron chi connectivity index (χ2n) is 6.03. The SMILES string of the molecule is CS(=O)(=O)c1ccc(F)cc1C(=O)Nc1scc(-c2ccc(Cl)cc2)c1C(=O)O. The molecule has 2 N–H and O–H groups in total. The van der Waals surface area contributed by atoms with E-state index in [1.54, 1.807) is 29.6 Å². The predicted octanol–water partition coefficient (Wildman–Crippen LogP) is 4.56. The third-order valence-corrected chi connectivity index (χ3v) is 6.28. The predicted molar refractivity (Wildman–Crippen MR) is 109 cm³/mol. The van der Waals surface area contributed by atoms with E-state index in [1.165, 1.54) is 0 Å². The Balaban J connectivity index is 2.04. The Kier molecular flexibility index (Phi) is 5.74. The number of hydrogen-bond acceptors (Lipinski definition) is 5. The number of aromatic carboxylic acids is 1. The minimum absolute atomic E-state index is 0.00355. The molecule has 0 spiro atoms. The van der Waals surface area contributed by atoms with Gasteiger partial charge in [-0.05, 0) is 35.9 Å². The highest BCUT2D eigenvalue weighted by molar-refractivity contribution is 7.90. The van der Waals surface area contributed by atoms with E-state index in [0.29, 0.717) is 16.1 Å². The van der Waals surface area contributed by atoms with Gasteiger partial charge in [0.2, 0.25) is 0 Å². The first-order valence-electron chi connectivity index (χ1n) is 7.99. The number of rotatable bonds is 5. The van der Waals surface area contributed by atoms with Crippen molar-refractivity contribution in [2.24, 2.45) is 0 Å². The zero-order valence-corrected chi connectivity index (χ0v) is 17.2. The first kappa shape index (κ1) is 21.0. The molecule has 0 aliphatic rings. The molecule has 0 bridgehead atoms. The number of amides is 1. The Morgan fingerprint density at radius 2 is 1.79 bits per heavy atom. The summed E-state index contributed by atoms with van der Waals surface area (Å²) in [7, 11) is -3.81. The largest absolute Gasteiger partial charge is 0.478 e. The Morgan fingerprint density at radius 1 is 1.14 bits per heavy atom.